The molecule has 0 heterocycles. The van der Waals surface area contributed by atoms with E-state index in [4.69, 9.17) is 0 Å². The number of nitrogens with one attached hydrogen (secondary N) is 2. The Bertz CT molecular complexity index is 699. The minimum atomic E-state index is -0.293. The monoisotopic (exact) mass is 358 g/mol. The number of rotatable bonds is 6. The number of benzene rings is 2. The van der Waals surface area contributed by atoms with Crippen molar-refractivity contribution >= 4 is 29.0 Å². The Morgan fingerprint density at radius 2 is 1.68 bits per heavy atom. The molecule has 1 aliphatic carbocycles. The average molecular weight is 358 g/mol. The Morgan fingerprint density at radius 3 is 2.40 bits per heavy atom. The van der Waals surface area contributed by atoms with Crippen LogP contribution in [0.1, 0.15) is 32.1 Å². The zero-order valence-electron chi connectivity index (χ0n) is 14.1. The van der Waals surface area contributed by atoms with E-state index in [9.17, 15) is 9.18 Å². The fraction of sp³-hybridized carbons (Fsp3) is 0.350. The number of hydrogen-bond donors (Lipinski definition) is 2. The highest BCUT2D eigenvalue weighted by molar-refractivity contribution is 8.00. The van der Waals surface area contributed by atoms with Crippen LogP contribution in [0.4, 0.5) is 15.8 Å². The molecule has 0 unspecified atom stereocenters. The third kappa shape index (κ3) is 5.49. The van der Waals surface area contributed by atoms with E-state index in [0.29, 0.717) is 10.9 Å². The van der Waals surface area contributed by atoms with Crippen molar-refractivity contribution in [1.29, 1.82) is 0 Å². The third-order valence-electron chi connectivity index (χ3n) is 4.34. The van der Waals surface area contributed by atoms with Gasteiger partial charge in [-0.25, -0.2) is 4.39 Å². The van der Waals surface area contributed by atoms with E-state index >= 15 is 0 Å². The first-order valence-electron chi connectivity index (χ1n) is 8.74. The van der Waals surface area contributed by atoms with Crippen LogP contribution in [0.15, 0.2) is 53.4 Å². The normalized spacial score (nSPS) is 14.9. The van der Waals surface area contributed by atoms with Crippen molar-refractivity contribution in [2.45, 2.75) is 43.0 Å². The van der Waals surface area contributed by atoms with E-state index < -0.39 is 0 Å². The summed E-state index contributed by atoms with van der Waals surface area (Å²) in [7, 11) is 0. The van der Waals surface area contributed by atoms with Gasteiger partial charge in [0.1, 0.15) is 5.82 Å². The van der Waals surface area contributed by atoms with Crippen LogP contribution >= 0.6 is 11.8 Å². The predicted molar refractivity (Wildman–Crippen MR) is 103 cm³/mol. The van der Waals surface area contributed by atoms with E-state index in [1.165, 1.54) is 49.9 Å². The summed E-state index contributed by atoms with van der Waals surface area (Å²) in [5, 5.41) is 6.41. The maximum absolute atomic E-state index is 13.5. The Labute approximate surface area is 152 Å². The van der Waals surface area contributed by atoms with Crippen molar-refractivity contribution in [2.24, 2.45) is 0 Å². The van der Waals surface area contributed by atoms with Crippen molar-refractivity contribution in [2.75, 3.05) is 16.4 Å². The standard InChI is InChI=1S/C20H23FN2OS/c21-18-8-4-5-9-19(18)25-14-20(24)23-17-12-10-16(11-13-17)22-15-6-2-1-3-7-15/h4-5,8-13,15,22H,1-3,6-7,14H2,(H,23,24). The summed E-state index contributed by atoms with van der Waals surface area (Å²) in [5.41, 5.74) is 1.85. The van der Waals surface area contributed by atoms with E-state index in [1.807, 2.05) is 24.3 Å². The lowest BCUT2D eigenvalue weighted by Crippen LogP contribution is -2.22. The zero-order chi connectivity index (χ0) is 17.5. The number of anilines is 2. The highest BCUT2D eigenvalue weighted by atomic mass is 32.2. The van der Waals surface area contributed by atoms with Crippen LogP contribution in [-0.2, 0) is 4.79 Å². The van der Waals surface area contributed by atoms with E-state index in [0.717, 1.165) is 11.4 Å². The average Bonchev–Trinajstić information content (AvgIpc) is 2.64. The molecule has 1 fully saturated rings. The molecule has 0 radical (unpaired) electrons. The predicted octanol–water partition coefficient (Wildman–Crippen LogP) is 5.30. The number of carbonyl (C=O) groups excluding carboxylic acids is 1. The fourth-order valence-corrected chi connectivity index (χ4v) is 3.77. The largest absolute Gasteiger partial charge is 0.382 e. The number of amides is 1. The molecule has 2 aromatic carbocycles. The summed E-state index contributed by atoms with van der Waals surface area (Å²) in [5.74, 6) is -0.247. The van der Waals surface area contributed by atoms with Crippen LogP contribution in [0.3, 0.4) is 0 Å². The van der Waals surface area contributed by atoms with Gasteiger partial charge in [-0.15, -0.1) is 11.8 Å². The zero-order valence-corrected chi connectivity index (χ0v) is 14.9. The number of halogens is 1. The quantitative estimate of drug-likeness (QED) is 0.688. The van der Waals surface area contributed by atoms with E-state index in [-0.39, 0.29) is 17.5 Å². The van der Waals surface area contributed by atoms with Crippen molar-refractivity contribution in [1.82, 2.24) is 0 Å². The molecule has 3 rings (SSSR count). The molecule has 1 aliphatic rings. The summed E-state index contributed by atoms with van der Waals surface area (Å²) in [6.45, 7) is 0. The molecule has 0 atom stereocenters. The van der Waals surface area contributed by atoms with E-state index in [2.05, 4.69) is 10.6 Å². The molecule has 25 heavy (non-hydrogen) atoms. The van der Waals surface area contributed by atoms with Gasteiger partial charge in [-0.3, -0.25) is 4.79 Å². The minimum absolute atomic E-state index is 0.138. The Kier molecular flexibility index (Phi) is 6.34. The molecule has 0 aromatic heterocycles. The van der Waals surface area contributed by atoms with Crippen LogP contribution in [0.5, 0.6) is 0 Å². The molecular formula is C20H23FN2OS. The maximum Gasteiger partial charge on any atom is 0.234 e. The second-order valence-electron chi connectivity index (χ2n) is 6.32. The Morgan fingerprint density at radius 1 is 1.00 bits per heavy atom. The SMILES string of the molecule is O=C(CSc1ccccc1F)Nc1ccc(NC2CCCCC2)cc1. The summed E-state index contributed by atoms with van der Waals surface area (Å²) >= 11 is 1.20. The fourth-order valence-electron chi connectivity index (χ4n) is 3.03. The molecule has 2 N–H and O–H groups in total. The van der Waals surface area contributed by atoms with Crippen LogP contribution in [-0.4, -0.2) is 17.7 Å². The van der Waals surface area contributed by atoms with Gasteiger partial charge in [0.2, 0.25) is 5.91 Å². The summed E-state index contributed by atoms with van der Waals surface area (Å²) in [4.78, 5) is 12.5. The molecule has 1 amide bonds. The molecule has 3 nitrogen and oxygen atoms in total. The smallest absolute Gasteiger partial charge is 0.234 e. The van der Waals surface area contributed by atoms with Crippen LogP contribution in [0.25, 0.3) is 0 Å². The molecule has 1 saturated carbocycles. The summed E-state index contributed by atoms with van der Waals surface area (Å²) < 4.78 is 13.5. The van der Waals surface area contributed by atoms with Gasteiger partial charge in [0.15, 0.2) is 0 Å². The molecule has 132 valence electrons. The molecular weight excluding hydrogens is 335 g/mol. The Hall–Kier alpha value is -2.01. The molecule has 0 bridgehead atoms. The van der Waals surface area contributed by atoms with Crippen molar-refractivity contribution < 1.29 is 9.18 Å². The molecule has 0 spiro atoms. The molecule has 0 aliphatic heterocycles. The van der Waals surface area contributed by atoms with Gasteiger partial charge in [0.05, 0.1) is 5.75 Å². The second kappa shape index (κ2) is 8.90. The molecule has 5 heteroatoms. The first-order valence-corrected chi connectivity index (χ1v) is 9.73. The van der Waals surface area contributed by atoms with Gasteiger partial charge in [0.25, 0.3) is 0 Å². The van der Waals surface area contributed by atoms with Gasteiger partial charge < -0.3 is 10.6 Å². The lowest BCUT2D eigenvalue weighted by Gasteiger charge is -2.23. The van der Waals surface area contributed by atoms with Gasteiger partial charge in [-0.05, 0) is 49.2 Å². The third-order valence-corrected chi connectivity index (χ3v) is 5.39. The lowest BCUT2D eigenvalue weighted by atomic mass is 9.95. The van der Waals surface area contributed by atoms with Gasteiger partial charge >= 0.3 is 0 Å². The van der Waals surface area contributed by atoms with Gasteiger partial charge in [0, 0.05) is 22.3 Å². The molecule has 2 aromatic rings. The number of thioether (sulfide) groups is 1. The van der Waals surface area contributed by atoms with Crippen LogP contribution < -0.4 is 10.6 Å². The first-order chi connectivity index (χ1) is 12.2. The topological polar surface area (TPSA) is 41.1 Å². The minimum Gasteiger partial charge on any atom is -0.382 e. The van der Waals surface area contributed by atoms with E-state index in [1.54, 1.807) is 18.2 Å². The maximum atomic E-state index is 13.5. The summed E-state index contributed by atoms with van der Waals surface area (Å²) in [6, 6.07) is 14.8. The Balaban J connectivity index is 1.47. The van der Waals surface area contributed by atoms with Crippen molar-refractivity contribution in [3.63, 3.8) is 0 Å². The number of carbonyl (C=O) groups is 1. The van der Waals surface area contributed by atoms with Gasteiger partial charge in [-0.2, -0.15) is 0 Å². The van der Waals surface area contributed by atoms with Gasteiger partial charge in [-0.1, -0.05) is 31.4 Å². The second-order valence-corrected chi connectivity index (χ2v) is 7.34. The van der Waals surface area contributed by atoms with Crippen molar-refractivity contribution in [3.8, 4) is 0 Å². The highest BCUT2D eigenvalue weighted by Crippen LogP contribution is 2.23. The van der Waals surface area contributed by atoms with Crippen LogP contribution in [0, 0.1) is 5.82 Å². The number of hydrogen-bond acceptors (Lipinski definition) is 3. The molecule has 0 saturated heterocycles. The summed E-state index contributed by atoms with van der Waals surface area (Å²) in [6.07, 6.45) is 6.39. The van der Waals surface area contributed by atoms with Crippen molar-refractivity contribution in [3.05, 3.63) is 54.3 Å². The van der Waals surface area contributed by atoms with Crippen LogP contribution in [0.2, 0.25) is 0 Å². The lowest BCUT2D eigenvalue weighted by molar-refractivity contribution is -0.113. The first kappa shape index (κ1) is 17.8. The highest BCUT2D eigenvalue weighted by Gasteiger charge is 2.13.